The molecule has 0 spiro atoms. The van der Waals surface area contributed by atoms with Crippen LogP contribution in [0.1, 0.15) is 44.9 Å². The minimum absolute atomic E-state index is 0.0398. The first-order valence-electron chi connectivity index (χ1n) is 10.5. The van der Waals surface area contributed by atoms with E-state index in [0.717, 1.165) is 36.5 Å². The number of aromatic carboxylic acids is 1. The molecule has 1 unspecified atom stereocenters. The SMILES string of the molecule is COCCCNc1nc(N2CCC(NC(=O)c3ccc(C(=O)O)cn3)C2)nc2c1COC2. The lowest BCUT2D eigenvalue weighted by Gasteiger charge is -2.19. The first-order valence-corrected chi connectivity index (χ1v) is 10.5. The number of hydrogen-bond donors (Lipinski definition) is 3. The van der Waals surface area contributed by atoms with Gasteiger partial charge in [-0.25, -0.2) is 9.78 Å². The Morgan fingerprint density at radius 2 is 2.19 bits per heavy atom. The van der Waals surface area contributed by atoms with E-state index in [1.165, 1.54) is 18.3 Å². The van der Waals surface area contributed by atoms with Gasteiger partial charge in [-0.3, -0.25) is 9.78 Å². The molecule has 0 aliphatic carbocycles. The van der Waals surface area contributed by atoms with Crippen LogP contribution in [0.15, 0.2) is 18.3 Å². The van der Waals surface area contributed by atoms with Crippen molar-refractivity contribution < 1.29 is 24.2 Å². The second-order valence-electron chi connectivity index (χ2n) is 7.71. The van der Waals surface area contributed by atoms with E-state index in [1.807, 2.05) is 4.90 Å². The number of amides is 1. The van der Waals surface area contributed by atoms with Gasteiger partial charge in [-0.2, -0.15) is 4.98 Å². The van der Waals surface area contributed by atoms with Crippen LogP contribution in [0.3, 0.4) is 0 Å². The number of pyridine rings is 1. The number of fused-ring (bicyclic) bond motifs is 1. The molecule has 2 aromatic rings. The van der Waals surface area contributed by atoms with Crippen LogP contribution in [-0.2, 0) is 22.7 Å². The molecular formula is C21H26N6O5. The van der Waals surface area contributed by atoms with Crippen LogP contribution in [0.25, 0.3) is 0 Å². The van der Waals surface area contributed by atoms with Crippen LogP contribution in [-0.4, -0.2) is 71.3 Å². The van der Waals surface area contributed by atoms with Crippen molar-refractivity contribution in [2.75, 3.05) is 43.6 Å². The van der Waals surface area contributed by atoms with Crippen LogP contribution < -0.4 is 15.5 Å². The fourth-order valence-corrected chi connectivity index (χ4v) is 3.72. The monoisotopic (exact) mass is 442 g/mol. The van der Waals surface area contributed by atoms with Crippen molar-refractivity contribution in [2.24, 2.45) is 0 Å². The number of carboxylic acids is 1. The number of carbonyl (C=O) groups is 2. The lowest BCUT2D eigenvalue weighted by molar-refractivity contribution is 0.0695. The van der Waals surface area contributed by atoms with Crippen LogP contribution in [0.5, 0.6) is 0 Å². The molecule has 1 atom stereocenters. The average Bonchev–Trinajstić information content (AvgIpc) is 3.46. The zero-order chi connectivity index (χ0) is 22.5. The second-order valence-corrected chi connectivity index (χ2v) is 7.71. The topological polar surface area (TPSA) is 139 Å². The molecule has 4 heterocycles. The van der Waals surface area contributed by atoms with Crippen molar-refractivity contribution in [2.45, 2.75) is 32.1 Å². The maximum absolute atomic E-state index is 12.5. The predicted octanol–water partition coefficient (Wildman–Crippen LogP) is 1.06. The number of carbonyl (C=O) groups excluding carboxylic acids is 1. The fraction of sp³-hybridized carbons (Fsp3) is 0.476. The number of carboxylic acid groups (broad SMARTS) is 1. The highest BCUT2D eigenvalue weighted by Crippen LogP contribution is 2.28. The maximum atomic E-state index is 12.5. The summed E-state index contributed by atoms with van der Waals surface area (Å²) < 4.78 is 10.7. The molecule has 2 aromatic heterocycles. The van der Waals surface area contributed by atoms with Gasteiger partial charge in [0.15, 0.2) is 0 Å². The van der Waals surface area contributed by atoms with E-state index < -0.39 is 5.97 Å². The van der Waals surface area contributed by atoms with E-state index in [9.17, 15) is 9.59 Å². The van der Waals surface area contributed by atoms with E-state index in [4.69, 9.17) is 19.6 Å². The van der Waals surface area contributed by atoms with Gasteiger partial charge in [-0.15, -0.1) is 0 Å². The standard InChI is InChI=1S/C21H26N6O5/c1-31-8-2-6-22-18-15-11-32-12-17(15)25-21(26-18)27-7-5-14(10-27)24-19(28)16-4-3-13(9-23-16)20(29)30/h3-4,9,14H,2,5-8,10-12H2,1H3,(H,24,28)(H,29,30)(H,22,25,26). The third-order valence-electron chi connectivity index (χ3n) is 5.43. The van der Waals surface area contributed by atoms with Crippen LogP contribution in [0, 0.1) is 0 Å². The van der Waals surface area contributed by atoms with Crippen LogP contribution >= 0.6 is 0 Å². The van der Waals surface area contributed by atoms with Crippen molar-refractivity contribution in [3.8, 4) is 0 Å². The Kier molecular flexibility index (Phi) is 6.76. The lowest BCUT2D eigenvalue weighted by Crippen LogP contribution is -2.37. The second kappa shape index (κ2) is 9.88. The molecule has 11 heteroatoms. The van der Waals surface area contributed by atoms with E-state index >= 15 is 0 Å². The molecule has 0 radical (unpaired) electrons. The summed E-state index contributed by atoms with van der Waals surface area (Å²) in [4.78, 5) is 38.8. The Balaban J connectivity index is 1.39. The molecule has 1 saturated heterocycles. The number of ether oxygens (including phenoxy) is 2. The third-order valence-corrected chi connectivity index (χ3v) is 5.43. The van der Waals surface area contributed by atoms with Crippen LogP contribution in [0.2, 0.25) is 0 Å². The molecule has 1 fully saturated rings. The minimum Gasteiger partial charge on any atom is -0.478 e. The van der Waals surface area contributed by atoms with Gasteiger partial charge in [0.25, 0.3) is 5.91 Å². The Labute approximate surface area is 185 Å². The van der Waals surface area contributed by atoms with Gasteiger partial charge in [0.1, 0.15) is 11.5 Å². The van der Waals surface area contributed by atoms with Gasteiger partial charge in [0.2, 0.25) is 5.95 Å². The van der Waals surface area contributed by atoms with E-state index in [0.29, 0.717) is 38.9 Å². The summed E-state index contributed by atoms with van der Waals surface area (Å²) in [6, 6.07) is 2.69. The Hall–Kier alpha value is -3.31. The number of nitrogens with one attached hydrogen (secondary N) is 2. The lowest BCUT2D eigenvalue weighted by atomic mass is 10.2. The van der Waals surface area contributed by atoms with E-state index in [-0.39, 0.29) is 23.2 Å². The number of aromatic nitrogens is 3. The largest absolute Gasteiger partial charge is 0.478 e. The Bertz CT molecular complexity index is 983. The molecule has 3 N–H and O–H groups in total. The number of nitrogens with zero attached hydrogens (tertiary/aromatic N) is 4. The predicted molar refractivity (Wildman–Crippen MR) is 115 cm³/mol. The third kappa shape index (κ3) is 4.94. The number of methoxy groups -OCH3 is 1. The van der Waals surface area contributed by atoms with Gasteiger partial charge >= 0.3 is 5.97 Å². The molecule has 2 aliphatic heterocycles. The van der Waals surface area contributed by atoms with Crippen molar-refractivity contribution in [1.82, 2.24) is 20.3 Å². The van der Waals surface area contributed by atoms with Gasteiger partial charge in [-0.05, 0) is 25.0 Å². The highest BCUT2D eigenvalue weighted by atomic mass is 16.5. The smallest absolute Gasteiger partial charge is 0.337 e. The van der Waals surface area contributed by atoms with Crippen LogP contribution in [0.4, 0.5) is 11.8 Å². The van der Waals surface area contributed by atoms with Gasteiger partial charge in [0.05, 0.1) is 24.5 Å². The zero-order valence-corrected chi connectivity index (χ0v) is 17.8. The normalized spacial score (nSPS) is 17.3. The molecule has 32 heavy (non-hydrogen) atoms. The first kappa shape index (κ1) is 21.9. The highest BCUT2D eigenvalue weighted by molar-refractivity contribution is 5.94. The summed E-state index contributed by atoms with van der Waals surface area (Å²) in [5.74, 6) is -0.0151. The number of anilines is 2. The molecular weight excluding hydrogens is 416 g/mol. The molecule has 0 aromatic carbocycles. The molecule has 11 nitrogen and oxygen atoms in total. The summed E-state index contributed by atoms with van der Waals surface area (Å²) >= 11 is 0. The summed E-state index contributed by atoms with van der Waals surface area (Å²) in [7, 11) is 1.68. The molecule has 0 bridgehead atoms. The summed E-state index contributed by atoms with van der Waals surface area (Å²) in [5, 5.41) is 15.3. The quantitative estimate of drug-likeness (QED) is 0.483. The summed E-state index contributed by atoms with van der Waals surface area (Å²) in [5.41, 5.74) is 2.10. The van der Waals surface area contributed by atoms with Crippen molar-refractivity contribution in [1.29, 1.82) is 0 Å². The average molecular weight is 442 g/mol. The van der Waals surface area contributed by atoms with Crippen molar-refractivity contribution >= 4 is 23.6 Å². The minimum atomic E-state index is -1.08. The van der Waals surface area contributed by atoms with Gasteiger partial charge in [0, 0.05) is 51.2 Å². The first-order chi connectivity index (χ1) is 15.5. The van der Waals surface area contributed by atoms with Crippen molar-refractivity contribution in [3.05, 3.63) is 40.8 Å². The van der Waals surface area contributed by atoms with Gasteiger partial charge in [-0.1, -0.05) is 0 Å². The molecule has 2 aliphatic rings. The van der Waals surface area contributed by atoms with E-state index in [1.54, 1.807) is 7.11 Å². The highest BCUT2D eigenvalue weighted by Gasteiger charge is 2.29. The fourth-order valence-electron chi connectivity index (χ4n) is 3.72. The van der Waals surface area contributed by atoms with Crippen molar-refractivity contribution in [3.63, 3.8) is 0 Å². The van der Waals surface area contributed by atoms with Gasteiger partial charge < -0.3 is 30.1 Å². The number of rotatable bonds is 9. The molecule has 4 rings (SSSR count). The number of hydrogen-bond acceptors (Lipinski definition) is 9. The maximum Gasteiger partial charge on any atom is 0.337 e. The Morgan fingerprint density at radius 1 is 1.31 bits per heavy atom. The van der Waals surface area contributed by atoms with E-state index in [2.05, 4.69) is 20.6 Å². The zero-order valence-electron chi connectivity index (χ0n) is 17.8. The Morgan fingerprint density at radius 3 is 2.94 bits per heavy atom. The molecule has 0 saturated carbocycles. The summed E-state index contributed by atoms with van der Waals surface area (Å²) in [6.07, 6.45) is 2.79. The summed E-state index contributed by atoms with van der Waals surface area (Å²) in [6.45, 7) is 3.65. The molecule has 1 amide bonds. The molecule has 170 valence electrons.